The molecule has 1 aliphatic heterocycles. The lowest BCUT2D eigenvalue weighted by Gasteiger charge is -2.22. The van der Waals surface area contributed by atoms with Crippen molar-refractivity contribution in [3.05, 3.63) is 12.2 Å². The van der Waals surface area contributed by atoms with Gasteiger partial charge in [-0.25, -0.2) is 9.97 Å². The second kappa shape index (κ2) is 5.77. The van der Waals surface area contributed by atoms with Crippen molar-refractivity contribution in [2.24, 2.45) is 5.92 Å². The van der Waals surface area contributed by atoms with Crippen molar-refractivity contribution in [1.82, 2.24) is 19.5 Å². The molecule has 2 aromatic heterocycles. The molecule has 3 atom stereocenters. The molecule has 3 rings (SSSR count). The van der Waals surface area contributed by atoms with Gasteiger partial charge in [-0.2, -0.15) is 4.98 Å². The van der Waals surface area contributed by atoms with Crippen molar-refractivity contribution in [1.29, 1.82) is 0 Å². The number of halogens is 1. The molecule has 0 aromatic carbocycles. The molecule has 3 heterocycles. The number of rotatable bonds is 4. The van der Waals surface area contributed by atoms with Crippen molar-refractivity contribution < 1.29 is 9.47 Å². The Morgan fingerprint density at radius 2 is 2.24 bits per heavy atom. The van der Waals surface area contributed by atoms with Crippen LogP contribution in [0.3, 0.4) is 0 Å². The summed E-state index contributed by atoms with van der Waals surface area (Å²) in [5, 5.41) is -0.214. The number of nitrogens with zero attached hydrogens (tertiary/aromatic N) is 4. The Hall–Kier alpha value is -1.40. The molecule has 1 fully saturated rings. The van der Waals surface area contributed by atoms with Crippen molar-refractivity contribution in [3.8, 4) is 5.88 Å². The van der Waals surface area contributed by atoms with Gasteiger partial charge >= 0.3 is 0 Å². The maximum Gasteiger partial charge on any atom is 0.245 e. The van der Waals surface area contributed by atoms with Gasteiger partial charge in [0, 0.05) is 18.6 Å². The summed E-state index contributed by atoms with van der Waals surface area (Å²) in [4.78, 5) is 13.1. The molecular formula is C14H19ClN4O2. The zero-order valence-corrected chi connectivity index (χ0v) is 13.2. The fourth-order valence-corrected chi connectivity index (χ4v) is 3.03. The predicted molar refractivity (Wildman–Crippen MR) is 79.8 cm³/mol. The maximum atomic E-state index is 6.32. The first-order valence-corrected chi connectivity index (χ1v) is 7.55. The molecule has 7 heteroatoms. The van der Waals surface area contributed by atoms with Gasteiger partial charge in [-0.05, 0) is 20.3 Å². The van der Waals surface area contributed by atoms with Crippen LogP contribution in [0.5, 0.6) is 5.88 Å². The number of methoxy groups -OCH3 is 1. The number of hydrogen-bond donors (Lipinski definition) is 0. The van der Waals surface area contributed by atoms with Crippen LogP contribution in [0.1, 0.15) is 37.5 Å². The number of aromatic nitrogens is 4. The molecule has 6 nitrogen and oxygen atoms in total. The highest BCUT2D eigenvalue weighted by molar-refractivity contribution is 6.20. The van der Waals surface area contributed by atoms with Gasteiger partial charge < -0.3 is 14.0 Å². The van der Waals surface area contributed by atoms with Crippen molar-refractivity contribution in [2.75, 3.05) is 20.3 Å². The standard InChI is InChI=1S/C14H19ClN4O2/c1-8(15)12-18-11-13(16-7-17-14(11)20-3)19(12)9(2)10-4-5-21-6-10/h7-10H,4-6H2,1-3H3. The van der Waals surface area contributed by atoms with E-state index in [2.05, 4.69) is 26.4 Å². The minimum absolute atomic E-state index is 0.214. The zero-order chi connectivity index (χ0) is 15.0. The van der Waals surface area contributed by atoms with Gasteiger partial charge in [-0.15, -0.1) is 11.6 Å². The molecule has 0 saturated carbocycles. The highest BCUT2D eigenvalue weighted by Gasteiger charge is 2.29. The van der Waals surface area contributed by atoms with E-state index in [0.717, 1.165) is 31.1 Å². The molecule has 114 valence electrons. The van der Waals surface area contributed by atoms with Crippen molar-refractivity contribution >= 4 is 22.8 Å². The second-order valence-corrected chi connectivity index (χ2v) is 6.03. The summed E-state index contributed by atoms with van der Waals surface area (Å²) in [5.41, 5.74) is 1.43. The molecular weight excluding hydrogens is 292 g/mol. The Morgan fingerprint density at radius 1 is 1.43 bits per heavy atom. The molecule has 2 aromatic rings. The van der Waals surface area contributed by atoms with Gasteiger partial charge in [-0.3, -0.25) is 0 Å². The van der Waals surface area contributed by atoms with Gasteiger partial charge in [0.25, 0.3) is 0 Å². The number of imidazole rings is 1. The summed E-state index contributed by atoms with van der Waals surface area (Å²) in [5.74, 6) is 1.72. The van der Waals surface area contributed by atoms with E-state index in [1.807, 2.05) is 6.92 Å². The zero-order valence-electron chi connectivity index (χ0n) is 12.4. The van der Waals surface area contributed by atoms with Crippen LogP contribution in [0.4, 0.5) is 0 Å². The molecule has 1 aliphatic rings. The van der Waals surface area contributed by atoms with Gasteiger partial charge in [0.05, 0.1) is 19.1 Å². The minimum atomic E-state index is -0.214. The summed E-state index contributed by atoms with van der Waals surface area (Å²) in [6.45, 7) is 5.65. The summed E-state index contributed by atoms with van der Waals surface area (Å²) >= 11 is 6.32. The largest absolute Gasteiger partial charge is 0.479 e. The number of alkyl halides is 1. The Morgan fingerprint density at radius 3 is 2.86 bits per heavy atom. The molecule has 0 radical (unpaired) electrons. The van der Waals surface area contributed by atoms with E-state index in [1.54, 1.807) is 7.11 Å². The molecule has 3 unspecified atom stereocenters. The highest BCUT2D eigenvalue weighted by Crippen LogP contribution is 2.34. The Bertz CT molecular complexity index is 637. The van der Waals surface area contributed by atoms with Crippen LogP contribution in [-0.2, 0) is 4.74 Å². The average Bonchev–Trinajstić information content (AvgIpc) is 3.13. The van der Waals surface area contributed by atoms with Crippen molar-refractivity contribution in [2.45, 2.75) is 31.7 Å². The van der Waals surface area contributed by atoms with E-state index in [4.69, 9.17) is 21.1 Å². The molecule has 0 N–H and O–H groups in total. The summed E-state index contributed by atoms with van der Waals surface area (Å²) in [6.07, 6.45) is 2.54. The summed E-state index contributed by atoms with van der Waals surface area (Å²) in [7, 11) is 1.58. The van der Waals surface area contributed by atoms with Gasteiger partial charge in [-0.1, -0.05) is 0 Å². The van der Waals surface area contributed by atoms with Crippen LogP contribution in [-0.4, -0.2) is 39.8 Å². The Labute approximate surface area is 128 Å². The number of ether oxygens (including phenoxy) is 2. The lowest BCUT2D eigenvalue weighted by molar-refractivity contribution is 0.175. The summed E-state index contributed by atoms with van der Waals surface area (Å²) in [6, 6.07) is 0.216. The van der Waals surface area contributed by atoms with Gasteiger partial charge in [0.1, 0.15) is 12.2 Å². The van der Waals surface area contributed by atoms with E-state index < -0.39 is 0 Å². The van der Waals surface area contributed by atoms with Crippen molar-refractivity contribution in [3.63, 3.8) is 0 Å². The fraction of sp³-hybridized carbons (Fsp3) is 0.643. The van der Waals surface area contributed by atoms with E-state index in [9.17, 15) is 0 Å². The van der Waals surface area contributed by atoms with Gasteiger partial charge in [0.15, 0.2) is 11.2 Å². The first-order chi connectivity index (χ1) is 10.1. The highest BCUT2D eigenvalue weighted by atomic mass is 35.5. The SMILES string of the molecule is COc1ncnc2c1nc(C(C)Cl)n2C(C)C1CCOC1. The van der Waals surface area contributed by atoms with E-state index >= 15 is 0 Å². The third kappa shape index (κ3) is 2.46. The third-order valence-electron chi connectivity index (χ3n) is 4.07. The van der Waals surface area contributed by atoms with Crippen LogP contribution in [0.2, 0.25) is 0 Å². The fourth-order valence-electron chi connectivity index (χ4n) is 2.88. The van der Waals surface area contributed by atoms with E-state index in [-0.39, 0.29) is 11.4 Å². The molecule has 0 spiro atoms. The Balaban J connectivity index is 2.16. The quantitative estimate of drug-likeness (QED) is 0.813. The van der Waals surface area contributed by atoms with Gasteiger partial charge in [0.2, 0.25) is 5.88 Å². The third-order valence-corrected chi connectivity index (χ3v) is 4.27. The number of fused-ring (bicyclic) bond motifs is 1. The molecule has 0 amide bonds. The van der Waals surface area contributed by atoms with E-state index in [1.165, 1.54) is 6.33 Å². The smallest absolute Gasteiger partial charge is 0.245 e. The maximum absolute atomic E-state index is 6.32. The van der Waals surface area contributed by atoms with Crippen LogP contribution in [0.25, 0.3) is 11.2 Å². The lowest BCUT2D eigenvalue weighted by Crippen LogP contribution is -2.19. The second-order valence-electron chi connectivity index (χ2n) is 5.38. The molecule has 0 bridgehead atoms. The number of hydrogen-bond acceptors (Lipinski definition) is 5. The average molecular weight is 311 g/mol. The van der Waals surface area contributed by atoms with Crippen LogP contribution in [0.15, 0.2) is 6.33 Å². The molecule has 21 heavy (non-hydrogen) atoms. The van der Waals surface area contributed by atoms with Crippen LogP contribution in [0, 0.1) is 5.92 Å². The first-order valence-electron chi connectivity index (χ1n) is 7.12. The monoisotopic (exact) mass is 310 g/mol. The normalized spacial score (nSPS) is 21.6. The lowest BCUT2D eigenvalue weighted by atomic mass is 10.0. The van der Waals surface area contributed by atoms with Crippen LogP contribution < -0.4 is 4.74 Å². The minimum Gasteiger partial charge on any atom is -0.479 e. The Kier molecular flexibility index (Phi) is 3.99. The summed E-state index contributed by atoms with van der Waals surface area (Å²) < 4.78 is 12.9. The topological polar surface area (TPSA) is 62.1 Å². The molecule has 0 aliphatic carbocycles. The van der Waals surface area contributed by atoms with E-state index in [0.29, 0.717) is 17.3 Å². The molecule has 1 saturated heterocycles. The van der Waals surface area contributed by atoms with Crippen LogP contribution >= 0.6 is 11.6 Å². The first kappa shape index (κ1) is 14.5. The predicted octanol–water partition coefficient (Wildman–Crippen LogP) is 2.73.